The zero-order chi connectivity index (χ0) is 21.9. The molecule has 1 aliphatic rings. The topological polar surface area (TPSA) is 69.7 Å². The van der Waals surface area contributed by atoms with E-state index in [0.717, 1.165) is 12.1 Å². The SMILES string of the molecule is CC(NC(=O)c1cccs1)C(=O)N1CCN(C(=O)c2ccccc2C(F)(F)F)CC1. The largest absolute Gasteiger partial charge is 0.417 e. The molecule has 1 aliphatic heterocycles. The Kier molecular flexibility index (Phi) is 6.45. The van der Waals surface area contributed by atoms with Gasteiger partial charge in [0, 0.05) is 26.2 Å². The van der Waals surface area contributed by atoms with Crippen molar-refractivity contribution >= 4 is 29.1 Å². The van der Waals surface area contributed by atoms with Crippen LogP contribution in [0.1, 0.15) is 32.5 Å². The van der Waals surface area contributed by atoms with Crippen LogP contribution < -0.4 is 5.32 Å². The van der Waals surface area contributed by atoms with E-state index in [4.69, 9.17) is 0 Å². The molecule has 1 unspecified atom stereocenters. The monoisotopic (exact) mass is 439 g/mol. The van der Waals surface area contributed by atoms with Gasteiger partial charge in [-0.15, -0.1) is 11.3 Å². The number of carbonyl (C=O) groups excluding carboxylic acids is 3. The summed E-state index contributed by atoms with van der Waals surface area (Å²) in [5, 5.41) is 4.40. The molecule has 1 fully saturated rings. The molecule has 0 saturated carbocycles. The van der Waals surface area contributed by atoms with E-state index in [-0.39, 0.29) is 38.0 Å². The Morgan fingerprint density at radius 2 is 1.63 bits per heavy atom. The number of benzene rings is 1. The van der Waals surface area contributed by atoms with Gasteiger partial charge in [0.05, 0.1) is 16.0 Å². The number of hydrogen-bond donors (Lipinski definition) is 1. The van der Waals surface area contributed by atoms with Crippen LogP contribution in [-0.2, 0) is 11.0 Å². The minimum atomic E-state index is -4.62. The Hall–Kier alpha value is -2.88. The molecule has 0 bridgehead atoms. The van der Waals surface area contributed by atoms with Gasteiger partial charge in [0.25, 0.3) is 11.8 Å². The van der Waals surface area contributed by atoms with E-state index in [9.17, 15) is 27.6 Å². The lowest BCUT2D eigenvalue weighted by molar-refractivity contribution is -0.138. The smallest absolute Gasteiger partial charge is 0.340 e. The van der Waals surface area contributed by atoms with Gasteiger partial charge in [-0.1, -0.05) is 18.2 Å². The first-order chi connectivity index (χ1) is 14.2. The van der Waals surface area contributed by atoms with Crippen LogP contribution in [0.5, 0.6) is 0 Å². The Morgan fingerprint density at radius 3 is 2.23 bits per heavy atom. The lowest BCUT2D eigenvalue weighted by atomic mass is 10.1. The fourth-order valence-electron chi connectivity index (χ4n) is 3.23. The highest BCUT2D eigenvalue weighted by molar-refractivity contribution is 7.12. The summed E-state index contributed by atoms with van der Waals surface area (Å²) in [6.07, 6.45) is -4.62. The summed E-state index contributed by atoms with van der Waals surface area (Å²) in [7, 11) is 0. The molecule has 0 radical (unpaired) electrons. The van der Waals surface area contributed by atoms with Crippen LogP contribution in [0, 0.1) is 0 Å². The van der Waals surface area contributed by atoms with Crippen LogP contribution in [-0.4, -0.2) is 59.7 Å². The number of hydrogen-bond acceptors (Lipinski definition) is 4. The summed E-state index contributed by atoms with van der Waals surface area (Å²) in [6, 6.07) is 7.30. The molecular formula is C20H20F3N3O3S. The van der Waals surface area contributed by atoms with Crippen molar-refractivity contribution in [1.29, 1.82) is 0 Å². The number of piperazine rings is 1. The molecule has 0 spiro atoms. The molecule has 10 heteroatoms. The van der Waals surface area contributed by atoms with E-state index in [1.807, 2.05) is 0 Å². The Bertz CT molecular complexity index is 923. The van der Waals surface area contributed by atoms with E-state index in [1.165, 1.54) is 33.3 Å². The lowest BCUT2D eigenvalue weighted by Crippen LogP contribution is -2.55. The van der Waals surface area contributed by atoms with Crippen LogP contribution >= 0.6 is 11.3 Å². The van der Waals surface area contributed by atoms with Crippen molar-refractivity contribution in [3.8, 4) is 0 Å². The average Bonchev–Trinajstić information content (AvgIpc) is 3.27. The summed E-state index contributed by atoms with van der Waals surface area (Å²) in [5.41, 5.74) is -1.38. The third kappa shape index (κ3) is 4.81. The summed E-state index contributed by atoms with van der Waals surface area (Å²) < 4.78 is 39.5. The maximum Gasteiger partial charge on any atom is 0.417 e. The number of amides is 3. The van der Waals surface area contributed by atoms with Crippen molar-refractivity contribution in [3.05, 3.63) is 57.8 Å². The highest BCUT2D eigenvalue weighted by Crippen LogP contribution is 2.32. The molecule has 1 saturated heterocycles. The lowest BCUT2D eigenvalue weighted by Gasteiger charge is -2.36. The second kappa shape index (κ2) is 8.86. The van der Waals surface area contributed by atoms with Crippen LogP contribution in [0.4, 0.5) is 13.2 Å². The highest BCUT2D eigenvalue weighted by atomic mass is 32.1. The summed E-state index contributed by atoms with van der Waals surface area (Å²) >= 11 is 1.26. The standard InChI is InChI=1S/C20H20F3N3O3S/c1-13(24-17(27)16-7-4-12-30-16)18(28)25-8-10-26(11-9-25)19(29)14-5-2-3-6-15(14)20(21,22)23/h2-7,12-13H,8-11H2,1H3,(H,24,27). The van der Waals surface area contributed by atoms with E-state index in [1.54, 1.807) is 24.4 Å². The minimum absolute atomic E-state index is 0.113. The van der Waals surface area contributed by atoms with Crippen LogP contribution in [0.3, 0.4) is 0 Å². The fourth-order valence-corrected chi connectivity index (χ4v) is 3.86. The molecule has 2 heterocycles. The molecule has 3 rings (SSSR count). The molecule has 6 nitrogen and oxygen atoms in total. The third-order valence-corrected chi connectivity index (χ3v) is 5.67. The zero-order valence-electron chi connectivity index (χ0n) is 16.1. The Balaban J connectivity index is 1.59. The van der Waals surface area contributed by atoms with Crippen LogP contribution in [0.15, 0.2) is 41.8 Å². The third-order valence-electron chi connectivity index (χ3n) is 4.80. The van der Waals surface area contributed by atoms with Gasteiger partial charge in [0.15, 0.2) is 0 Å². The first-order valence-electron chi connectivity index (χ1n) is 9.27. The predicted molar refractivity (Wildman–Crippen MR) is 105 cm³/mol. The molecule has 1 N–H and O–H groups in total. The Labute approximate surface area is 175 Å². The number of nitrogens with one attached hydrogen (secondary N) is 1. The molecule has 0 aliphatic carbocycles. The van der Waals surface area contributed by atoms with Crippen molar-refractivity contribution in [2.45, 2.75) is 19.1 Å². The fraction of sp³-hybridized carbons (Fsp3) is 0.350. The molecule has 2 aromatic rings. The van der Waals surface area contributed by atoms with Gasteiger partial charge in [-0.25, -0.2) is 0 Å². The van der Waals surface area contributed by atoms with E-state index in [2.05, 4.69) is 5.32 Å². The van der Waals surface area contributed by atoms with Gasteiger partial charge in [-0.2, -0.15) is 13.2 Å². The van der Waals surface area contributed by atoms with Crippen molar-refractivity contribution in [3.63, 3.8) is 0 Å². The predicted octanol–water partition coefficient (Wildman–Crippen LogP) is 2.87. The molecular weight excluding hydrogens is 419 g/mol. The number of alkyl halides is 3. The number of nitrogens with zero attached hydrogens (tertiary/aromatic N) is 2. The van der Waals surface area contributed by atoms with Gasteiger partial charge < -0.3 is 15.1 Å². The van der Waals surface area contributed by atoms with Crippen molar-refractivity contribution in [2.75, 3.05) is 26.2 Å². The van der Waals surface area contributed by atoms with Gasteiger partial charge in [-0.05, 0) is 30.5 Å². The van der Waals surface area contributed by atoms with E-state index >= 15 is 0 Å². The highest BCUT2D eigenvalue weighted by Gasteiger charge is 2.36. The molecule has 1 atom stereocenters. The Morgan fingerprint density at radius 1 is 1.00 bits per heavy atom. The van der Waals surface area contributed by atoms with Gasteiger partial charge in [-0.3, -0.25) is 14.4 Å². The second-order valence-electron chi connectivity index (χ2n) is 6.83. The summed E-state index contributed by atoms with van der Waals surface area (Å²) in [4.78, 5) is 40.6. The summed E-state index contributed by atoms with van der Waals surface area (Å²) in [5.74, 6) is -1.36. The normalized spacial score (nSPS) is 15.6. The van der Waals surface area contributed by atoms with Gasteiger partial charge in [0.1, 0.15) is 6.04 Å². The van der Waals surface area contributed by atoms with Crippen molar-refractivity contribution in [1.82, 2.24) is 15.1 Å². The van der Waals surface area contributed by atoms with Crippen LogP contribution in [0.25, 0.3) is 0 Å². The number of carbonyl (C=O) groups is 3. The quantitative estimate of drug-likeness (QED) is 0.797. The molecule has 3 amide bonds. The van der Waals surface area contributed by atoms with Crippen molar-refractivity contribution < 1.29 is 27.6 Å². The molecule has 30 heavy (non-hydrogen) atoms. The first-order valence-corrected chi connectivity index (χ1v) is 10.1. The van der Waals surface area contributed by atoms with Crippen LogP contribution in [0.2, 0.25) is 0 Å². The first kappa shape index (κ1) is 21.8. The van der Waals surface area contributed by atoms with Gasteiger partial charge in [0.2, 0.25) is 5.91 Å². The number of rotatable bonds is 4. The maximum atomic E-state index is 13.2. The van der Waals surface area contributed by atoms with Gasteiger partial charge >= 0.3 is 6.18 Å². The van der Waals surface area contributed by atoms with Crippen molar-refractivity contribution in [2.24, 2.45) is 0 Å². The second-order valence-corrected chi connectivity index (χ2v) is 7.78. The molecule has 160 valence electrons. The maximum absolute atomic E-state index is 13.2. The molecule has 1 aromatic carbocycles. The number of thiophene rings is 1. The summed E-state index contributed by atoms with van der Waals surface area (Å²) in [6.45, 7) is 2.16. The average molecular weight is 439 g/mol. The number of halogens is 3. The molecule has 1 aromatic heterocycles. The minimum Gasteiger partial charge on any atom is -0.340 e. The zero-order valence-corrected chi connectivity index (χ0v) is 16.9. The van der Waals surface area contributed by atoms with E-state index < -0.39 is 29.3 Å². The van der Waals surface area contributed by atoms with E-state index in [0.29, 0.717) is 4.88 Å².